The average molecular weight is 273 g/mol. The van der Waals surface area contributed by atoms with Gasteiger partial charge in [0.2, 0.25) is 0 Å². The fraction of sp³-hybridized carbons (Fsp3) is 0.462. The molecule has 1 atom stereocenters. The molecule has 0 bridgehead atoms. The second kappa shape index (κ2) is 7.81. The van der Waals surface area contributed by atoms with Gasteiger partial charge in [-0.25, -0.2) is 8.78 Å². The van der Waals surface area contributed by atoms with E-state index in [1.165, 1.54) is 13.2 Å². The van der Waals surface area contributed by atoms with E-state index >= 15 is 0 Å². The summed E-state index contributed by atoms with van der Waals surface area (Å²) in [6, 6.07) is 3.36. The summed E-state index contributed by atoms with van der Waals surface area (Å²) in [7, 11) is 1.51. The van der Waals surface area contributed by atoms with E-state index in [0.717, 1.165) is 12.1 Å². The number of halogens is 2. The molecule has 0 saturated carbocycles. The highest BCUT2D eigenvalue weighted by Crippen LogP contribution is 2.16. The van der Waals surface area contributed by atoms with Crippen LogP contribution in [0.5, 0.6) is 0 Å². The van der Waals surface area contributed by atoms with Gasteiger partial charge in [0.05, 0.1) is 12.6 Å². The maximum absolute atomic E-state index is 13.2. The van der Waals surface area contributed by atoms with Crippen LogP contribution < -0.4 is 5.32 Å². The minimum atomic E-state index is -0.911. The highest BCUT2D eigenvalue weighted by Gasteiger charge is 2.13. The van der Waals surface area contributed by atoms with Gasteiger partial charge in [0.15, 0.2) is 11.6 Å². The fourth-order valence-electron chi connectivity index (χ4n) is 1.68. The molecule has 0 saturated heterocycles. The van der Waals surface area contributed by atoms with Crippen molar-refractivity contribution in [1.29, 1.82) is 0 Å². The first-order valence-electron chi connectivity index (χ1n) is 5.93. The molecule has 2 N–H and O–H groups in total. The third kappa shape index (κ3) is 5.32. The van der Waals surface area contributed by atoms with Crippen molar-refractivity contribution in [1.82, 2.24) is 5.32 Å². The summed E-state index contributed by atoms with van der Waals surface area (Å²) in [5.74, 6) is -2.67. The molecule has 0 aliphatic heterocycles. The minimum absolute atomic E-state index is 0.0600. The van der Waals surface area contributed by atoms with E-state index < -0.39 is 17.6 Å². The summed E-state index contributed by atoms with van der Waals surface area (Å²) in [4.78, 5) is 10.4. The predicted molar refractivity (Wildman–Crippen MR) is 65.8 cm³/mol. The summed E-state index contributed by atoms with van der Waals surface area (Å²) in [5.41, 5.74) is 0.566. The number of methoxy groups -OCH3 is 1. The maximum Gasteiger partial charge on any atom is 0.303 e. The lowest BCUT2D eigenvalue weighted by Gasteiger charge is -2.18. The third-order valence-electron chi connectivity index (χ3n) is 2.64. The smallest absolute Gasteiger partial charge is 0.303 e. The molecule has 0 aliphatic carbocycles. The highest BCUT2D eigenvalue weighted by molar-refractivity contribution is 5.66. The quantitative estimate of drug-likeness (QED) is 0.712. The van der Waals surface area contributed by atoms with Crippen molar-refractivity contribution >= 4 is 5.97 Å². The Morgan fingerprint density at radius 2 is 2.16 bits per heavy atom. The third-order valence-corrected chi connectivity index (χ3v) is 2.64. The molecule has 0 fully saturated rings. The lowest BCUT2D eigenvalue weighted by molar-refractivity contribution is -0.137. The Bertz CT molecular complexity index is 426. The molecule has 106 valence electrons. The van der Waals surface area contributed by atoms with Gasteiger partial charge in [-0.15, -0.1) is 0 Å². The van der Waals surface area contributed by atoms with Crippen molar-refractivity contribution in [3.05, 3.63) is 35.4 Å². The lowest BCUT2D eigenvalue weighted by atomic mass is 10.1. The van der Waals surface area contributed by atoms with E-state index in [1.807, 2.05) is 0 Å². The first-order chi connectivity index (χ1) is 9.04. The number of rotatable bonds is 8. The SMILES string of the molecule is COCC(NCCCC(=O)O)c1ccc(F)c(F)c1. The lowest BCUT2D eigenvalue weighted by Crippen LogP contribution is -2.26. The van der Waals surface area contributed by atoms with Crippen LogP contribution >= 0.6 is 0 Å². The molecule has 0 amide bonds. The van der Waals surface area contributed by atoms with Crippen LogP contribution in [0.2, 0.25) is 0 Å². The van der Waals surface area contributed by atoms with Gasteiger partial charge in [-0.1, -0.05) is 6.07 Å². The summed E-state index contributed by atoms with van der Waals surface area (Å²) in [5, 5.41) is 11.6. The van der Waals surface area contributed by atoms with Crippen LogP contribution in [0, 0.1) is 11.6 Å². The second-order valence-corrected chi connectivity index (χ2v) is 4.13. The normalized spacial score (nSPS) is 12.4. The summed E-state index contributed by atoms with van der Waals surface area (Å²) >= 11 is 0. The Morgan fingerprint density at radius 3 is 2.74 bits per heavy atom. The predicted octanol–water partition coefficient (Wildman–Crippen LogP) is 2.11. The molecule has 1 aromatic rings. The van der Waals surface area contributed by atoms with Gasteiger partial charge in [-0.3, -0.25) is 4.79 Å². The van der Waals surface area contributed by atoms with E-state index in [0.29, 0.717) is 18.5 Å². The Kier molecular flexibility index (Phi) is 6.38. The van der Waals surface area contributed by atoms with Crippen LogP contribution in [-0.4, -0.2) is 31.3 Å². The van der Waals surface area contributed by atoms with Crippen LogP contribution in [0.1, 0.15) is 24.4 Å². The fourth-order valence-corrected chi connectivity index (χ4v) is 1.68. The molecule has 0 spiro atoms. The van der Waals surface area contributed by atoms with E-state index in [4.69, 9.17) is 9.84 Å². The second-order valence-electron chi connectivity index (χ2n) is 4.13. The molecule has 0 heterocycles. The van der Waals surface area contributed by atoms with Gasteiger partial charge in [0.25, 0.3) is 0 Å². The van der Waals surface area contributed by atoms with Gasteiger partial charge < -0.3 is 15.2 Å². The number of aliphatic carboxylic acids is 1. The Hall–Kier alpha value is -1.53. The van der Waals surface area contributed by atoms with Gasteiger partial charge >= 0.3 is 5.97 Å². The standard InChI is InChI=1S/C13H17F2NO3/c1-19-8-12(16-6-2-3-13(17)18)9-4-5-10(14)11(15)7-9/h4-5,7,12,16H,2-3,6,8H2,1H3,(H,17,18). The number of carbonyl (C=O) groups is 1. The molecular formula is C13H17F2NO3. The zero-order valence-electron chi connectivity index (χ0n) is 10.7. The number of hydrogen-bond acceptors (Lipinski definition) is 3. The van der Waals surface area contributed by atoms with Crippen LogP contribution in [0.3, 0.4) is 0 Å². The summed E-state index contributed by atoms with van der Waals surface area (Å²) in [6.07, 6.45) is 0.518. The first-order valence-corrected chi connectivity index (χ1v) is 5.93. The van der Waals surface area contributed by atoms with E-state index in [-0.39, 0.29) is 19.1 Å². The number of carboxylic acid groups (broad SMARTS) is 1. The molecule has 1 unspecified atom stereocenters. The average Bonchev–Trinajstić information content (AvgIpc) is 2.36. The number of benzene rings is 1. The molecule has 0 radical (unpaired) electrons. The van der Waals surface area contributed by atoms with Gasteiger partial charge in [0, 0.05) is 13.5 Å². The van der Waals surface area contributed by atoms with E-state index in [2.05, 4.69) is 5.32 Å². The molecular weight excluding hydrogens is 256 g/mol. The molecule has 19 heavy (non-hydrogen) atoms. The number of nitrogens with one attached hydrogen (secondary N) is 1. The van der Waals surface area contributed by atoms with E-state index in [9.17, 15) is 13.6 Å². The maximum atomic E-state index is 13.2. The van der Waals surface area contributed by atoms with Crippen molar-refractivity contribution in [3.63, 3.8) is 0 Å². The minimum Gasteiger partial charge on any atom is -0.481 e. The largest absolute Gasteiger partial charge is 0.481 e. The number of hydrogen-bond donors (Lipinski definition) is 2. The number of carboxylic acids is 1. The van der Waals surface area contributed by atoms with Crippen molar-refractivity contribution < 1.29 is 23.4 Å². The van der Waals surface area contributed by atoms with Gasteiger partial charge in [-0.2, -0.15) is 0 Å². The van der Waals surface area contributed by atoms with Crippen LogP contribution in [-0.2, 0) is 9.53 Å². The van der Waals surface area contributed by atoms with Crippen LogP contribution in [0.4, 0.5) is 8.78 Å². The van der Waals surface area contributed by atoms with Crippen LogP contribution in [0.15, 0.2) is 18.2 Å². The first kappa shape index (κ1) is 15.5. The molecule has 1 aromatic carbocycles. The molecule has 4 nitrogen and oxygen atoms in total. The molecule has 0 aromatic heterocycles. The monoisotopic (exact) mass is 273 g/mol. The zero-order valence-corrected chi connectivity index (χ0v) is 10.7. The highest BCUT2D eigenvalue weighted by atomic mass is 19.2. The van der Waals surface area contributed by atoms with Gasteiger partial charge in [0.1, 0.15) is 0 Å². The number of ether oxygens (including phenoxy) is 1. The Morgan fingerprint density at radius 1 is 1.42 bits per heavy atom. The summed E-state index contributed by atoms with van der Waals surface area (Å²) < 4.78 is 31.0. The molecule has 1 rings (SSSR count). The van der Waals surface area contributed by atoms with Crippen molar-refractivity contribution in [2.75, 3.05) is 20.3 Å². The molecule has 0 aliphatic rings. The Balaban J connectivity index is 2.60. The van der Waals surface area contributed by atoms with Crippen molar-refractivity contribution in [3.8, 4) is 0 Å². The van der Waals surface area contributed by atoms with Crippen LogP contribution in [0.25, 0.3) is 0 Å². The van der Waals surface area contributed by atoms with Crippen molar-refractivity contribution in [2.45, 2.75) is 18.9 Å². The Labute approximate surface area is 110 Å². The zero-order chi connectivity index (χ0) is 14.3. The topological polar surface area (TPSA) is 58.6 Å². The van der Waals surface area contributed by atoms with Gasteiger partial charge in [-0.05, 0) is 30.7 Å². The molecule has 6 heteroatoms. The van der Waals surface area contributed by atoms with Crippen molar-refractivity contribution in [2.24, 2.45) is 0 Å². The summed E-state index contributed by atoms with van der Waals surface area (Å²) in [6.45, 7) is 0.747. The van der Waals surface area contributed by atoms with E-state index in [1.54, 1.807) is 0 Å².